The number of nitrogens with zero attached hydrogens (tertiary/aromatic N) is 1. The smallest absolute Gasteiger partial charge is 0.314 e. The van der Waals surface area contributed by atoms with Crippen LogP contribution in [0.25, 0.3) is 0 Å². The third kappa shape index (κ3) is 7.28. The van der Waals surface area contributed by atoms with Gasteiger partial charge in [0.05, 0.1) is 11.1 Å². The fraction of sp³-hybridized carbons (Fsp3) is 0.667. The molecule has 0 aromatic heterocycles. The molecule has 2 nitrogen and oxygen atoms in total. The van der Waals surface area contributed by atoms with Crippen LogP contribution in [0.2, 0.25) is 0 Å². The Morgan fingerprint density at radius 1 is 0.929 bits per heavy atom. The summed E-state index contributed by atoms with van der Waals surface area (Å²) < 4.78 is 79.4. The maximum Gasteiger partial charge on any atom is 0.416 e. The molecule has 0 amide bonds. The van der Waals surface area contributed by atoms with Crippen molar-refractivity contribution in [2.24, 2.45) is 5.92 Å². The normalized spacial score (nSPS) is 17.0. The Bertz CT molecular complexity index is 599. The largest absolute Gasteiger partial charge is 0.416 e. The van der Waals surface area contributed by atoms with Crippen molar-refractivity contribution in [1.29, 1.82) is 0 Å². The second-order valence-electron chi connectivity index (χ2n) is 7.07. The molecule has 1 fully saturated rings. The first-order valence-electron chi connectivity index (χ1n) is 8.73. The van der Waals surface area contributed by atoms with Crippen molar-refractivity contribution in [3.63, 3.8) is 0 Å². The molecular formula is C18H26Cl2F6N2. The molecule has 1 aliphatic rings. The van der Waals surface area contributed by atoms with Crippen molar-refractivity contribution in [2.45, 2.75) is 45.1 Å². The minimum Gasteiger partial charge on any atom is -0.314 e. The zero-order valence-corrected chi connectivity index (χ0v) is 17.3. The summed E-state index contributed by atoms with van der Waals surface area (Å²) in [6.45, 7) is 6.40. The van der Waals surface area contributed by atoms with Gasteiger partial charge in [-0.05, 0) is 36.5 Å². The summed E-state index contributed by atoms with van der Waals surface area (Å²) in [5, 5.41) is 3.15. The van der Waals surface area contributed by atoms with Crippen LogP contribution in [0.15, 0.2) is 18.2 Å². The highest BCUT2D eigenvalue weighted by atomic mass is 35.5. The minimum atomic E-state index is -4.83. The van der Waals surface area contributed by atoms with Gasteiger partial charge in [-0.15, -0.1) is 24.8 Å². The Balaban J connectivity index is 0.00000364. The van der Waals surface area contributed by atoms with Crippen LogP contribution < -0.4 is 5.32 Å². The molecule has 0 spiro atoms. The van der Waals surface area contributed by atoms with E-state index in [9.17, 15) is 26.3 Å². The molecule has 0 aliphatic carbocycles. The number of hydrogen-bond donors (Lipinski definition) is 1. The molecule has 10 heteroatoms. The van der Waals surface area contributed by atoms with E-state index in [-0.39, 0.29) is 36.4 Å². The number of nitrogens with one attached hydrogen (secondary N) is 1. The number of hydrogen-bond acceptors (Lipinski definition) is 2. The van der Waals surface area contributed by atoms with Crippen LogP contribution in [-0.2, 0) is 12.4 Å². The molecule has 1 N–H and O–H groups in total. The highest BCUT2D eigenvalue weighted by Gasteiger charge is 2.40. The van der Waals surface area contributed by atoms with Gasteiger partial charge in [-0.1, -0.05) is 19.9 Å². The molecule has 1 saturated heterocycles. The second kappa shape index (κ2) is 10.9. The fourth-order valence-corrected chi connectivity index (χ4v) is 3.29. The Kier molecular flexibility index (Phi) is 10.6. The number of rotatable bonds is 5. The molecule has 1 aliphatic heterocycles. The molecule has 1 aromatic rings. The lowest BCUT2D eigenvalue weighted by Crippen LogP contribution is -2.45. The van der Waals surface area contributed by atoms with Crippen LogP contribution in [0.1, 0.15) is 49.4 Å². The number of piperazine rings is 1. The van der Waals surface area contributed by atoms with Gasteiger partial charge in [0, 0.05) is 32.2 Å². The number of benzene rings is 1. The first-order chi connectivity index (χ1) is 12.0. The molecule has 1 aromatic carbocycles. The summed E-state index contributed by atoms with van der Waals surface area (Å²) in [6, 6.07) is 1.48. The van der Waals surface area contributed by atoms with Gasteiger partial charge < -0.3 is 5.32 Å². The molecule has 0 saturated carbocycles. The molecule has 0 bridgehead atoms. The molecule has 2 rings (SSSR count). The zero-order valence-electron chi connectivity index (χ0n) is 15.7. The van der Waals surface area contributed by atoms with Crippen molar-refractivity contribution in [3.05, 3.63) is 34.9 Å². The van der Waals surface area contributed by atoms with Crippen LogP contribution in [0.3, 0.4) is 0 Å². The van der Waals surface area contributed by atoms with Gasteiger partial charge in [0.25, 0.3) is 0 Å². The van der Waals surface area contributed by atoms with E-state index in [4.69, 9.17) is 0 Å². The second-order valence-corrected chi connectivity index (χ2v) is 7.07. The molecule has 0 unspecified atom stereocenters. The van der Waals surface area contributed by atoms with Crippen molar-refractivity contribution >= 4 is 24.8 Å². The van der Waals surface area contributed by atoms with Crippen LogP contribution in [0, 0.1) is 5.92 Å². The summed E-state index contributed by atoms with van der Waals surface area (Å²) in [5.74, 6) is 0.296. The maximum atomic E-state index is 13.5. The van der Waals surface area contributed by atoms with Gasteiger partial charge in [-0.25, -0.2) is 0 Å². The van der Waals surface area contributed by atoms with Crippen LogP contribution in [0.5, 0.6) is 0 Å². The lowest BCUT2D eigenvalue weighted by Gasteiger charge is -2.37. The molecular weight excluding hydrogens is 429 g/mol. The lowest BCUT2D eigenvalue weighted by atomic mass is 9.91. The standard InChI is InChI=1S/C18H24F6N2.2ClH/c1-12(2)3-6-16(26-9-7-25-8-10-26)14-5-4-13(17(19,20)21)11-15(14)18(22,23)24;;/h4-5,11-12,16,25H,3,6-10H2,1-2H3;2*1H/t16-;;/m0../s1. The van der Waals surface area contributed by atoms with Crippen molar-refractivity contribution in [1.82, 2.24) is 10.2 Å². The summed E-state index contributed by atoms with van der Waals surface area (Å²) in [6.07, 6.45) is -8.46. The Labute approximate surface area is 173 Å². The molecule has 0 radical (unpaired) electrons. The summed E-state index contributed by atoms with van der Waals surface area (Å²) in [4.78, 5) is 1.94. The highest BCUT2D eigenvalue weighted by molar-refractivity contribution is 5.85. The van der Waals surface area contributed by atoms with E-state index in [1.165, 1.54) is 0 Å². The predicted molar refractivity (Wildman–Crippen MR) is 102 cm³/mol. The number of halogens is 8. The minimum absolute atomic E-state index is 0. The molecule has 28 heavy (non-hydrogen) atoms. The number of alkyl halides is 6. The average Bonchev–Trinajstić information content (AvgIpc) is 2.54. The van der Waals surface area contributed by atoms with E-state index >= 15 is 0 Å². The van der Waals surface area contributed by atoms with E-state index < -0.39 is 29.5 Å². The van der Waals surface area contributed by atoms with Gasteiger partial charge in [0.15, 0.2) is 0 Å². The lowest BCUT2D eigenvalue weighted by molar-refractivity contribution is -0.143. The van der Waals surface area contributed by atoms with E-state index in [0.717, 1.165) is 12.1 Å². The first kappa shape index (κ1) is 27.3. The topological polar surface area (TPSA) is 15.3 Å². The highest BCUT2D eigenvalue weighted by Crippen LogP contribution is 2.41. The Hall–Kier alpha value is -0.700. The van der Waals surface area contributed by atoms with Crippen LogP contribution in [-0.4, -0.2) is 31.1 Å². The third-order valence-electron chi connectivity index (χ3n) is 4.65. The quantitative estimate of drug-likeness (QED) is 0.552. The van der Waals surface area contributed by atoms with E-state index in [0.29, 0.717) is 44.9 Å². The van der Waals surface area contributed by atoms with Gasteiger partial charge in [-0.2, -0.15) is 26.3 Å². The van der Waals surface area contributed by atoms with Gasteiger partial charge in [-0.3, -0.25) is 4.90 Å². The van der Waals surface area contributed by atoms with E-state index in [2.05, 4.69) is 5.32 Å². The molecule has 164 valence electrons. The first-order valence-corrected chi connectivity index (χ1v) is 8.73. The van der Waals surface area contributed by atoms with E-state index in [1.54, 1.807) is 0 Å². The van der Waals surface area contributed by atoms with Crippen molar-refractivity contribution in [3.8, 4) is 0 Å². The van der Waals surface area contributed by atoms with E-state index in [1.807, 2.05) is 18.7 Å². The van der Waals surface area contributed by atoms with Gasteiger partial charge in [0.2, 0.25) is 0 Å². The Morgan fingerprint density at radius 3 is 1.96 bits per heavy atom. The fourth-order valence-electron chi connectivity index (χ4n) is 3.29. The SMILES string of the molecule is CC(C)CC[C@@H](c1ccc(C(F)(F)F)cc1C(F)(F)F)N1CCNCC1.Cl.Cl. The Morgan fingerprint density at radius 2 is 1.50 bits per heavy atom. The monoisotopic (exact) mass is 454 g/mol. The zero-order chi connectivity index (χ0) is 19.5. The van der Waals surface area contributed by atoms with Crippen LogP contribution >= 0.6 is 24.8 Å². The summed E-state index contributed by atoms with van der Waals surface area (Å²) in [7, 11) is 0. The maximum absolute atomic E-state index is 13.5. The molecule has 1 heterocycles. The van der Waals surface area contributed by atoms with Gasteiger partial charge in [0.1, 0.15) is 0 Å². The predicted octanol–water partition coefficient (Wildman–Crippen LogP) is 5.95. The van der Waals surface area contributed by atoms with Crippen LogP contribution in [0.4, 0.5) is 26.3 Å². The summed E-state index contributed by atoms with van der Waals surface area (Å²) >= 11 is 0. The van der Waals surface area contributed by atoms with Crippen molar-refractivity contribution < 1.29 is 26.3 Å². The molecule has 1 atom stereocenters. The van der Waals surface area contributed by atoms with Crippen molar-refractivity contribution in [2.75, 3.05) is 26.2 Å². The average molecular weight is 455 g/mol. The van der Waals surface area contributed by atoms with Gasteiger partial charge >= 0.3 is 12.4 Å². The summed E-state index contributed by atoms with van der Waals surface area (Å²) in [5.41, 5.74) is -2.51. The third-order valence-corrected chi connectivity index (χ3v) is 4.65.